The number of ether oxygens (including phenoxy) is 3. The highest BCUT2D eigenvalue weighted by Gasteiger charge is 2.42. The molecule has 0 radical (unpaired) electrons. The number of thioether (sulfide) groups is 1. The zero-order chi connectivity index (χ0) is 27.2. The number of carbonyl (C=O) groups excluding carboxylic acids is 2. The van der Waals surface area contributed by atoms with Crippen LogP contribution in [0.1, 0.15) is 30.5 Å². The summed E-state index contributed by atoms with van der Waals surface area (Å²) < 4.78 is 29.8. The molecule has 0 saturated heterocycles. The van der Waals surface area contributed by atoms with E-state index in [1.54, 1.807) is 51.5 Å². The average Bonchev–Trinajstić information content (AvgIpc) is 3.31. The minimum absolute atomic E-state index is 0.0318. The van der Waals surface area contributed by atoms with Gasteiger partial charge >= 0.3 is 5.97 Å². The Morgan fingerprint density at radius 2 is 1.95 bits per heavy atom. The number of amides is 1. The maximum absolute atomic E-state index is 13.3. The molecule has 0 unspecified atom stereocenters. The van der Waals surface area contributed by atoms with Gasteiger partial charge in [-0.1, -0.05) is 36.5 Å². The number of aliphatic imine (C=N–C) groups is 1. The number of amidine groups is 1. The third kappa shape index (κ3) is 5.75. The third-order valence-corrected chi connectivity index (χ3v) is 6.92. The van der Waals surface area contributed by atoms with Crippen molar-refractivity contribution in [3.63, 3.8) is 0 Å². The van der Waals surface area contributed by atoms with Crippen LogP contribution in [-0.2, 0) is 20.9 Å². The Balaban J connectivity index is 1.67. The van der Waals surface area contributed by atoms with E-state index in [4.69, 9.17) is 14.2 Å². The Morgan fingerprint density at radius 1 is 1.18 bits per heavy atom. The number of halogens is 1. The Kier molecular flexibility index (Phi) is 8.52. The lowest BCUT2D eigenvalue weighted by Gasteiger charge is -2.36. The van der Waals surface area contributed by atoms with Gasteiger partial charge in [-0.25, -0.2) is 14.2 Å². The van der Waals surface area contributed by atoms with E-state index in [9.17, 15) is 14.0 Å². The molecule has 2 aliphatic heterocycles. The molecular weight excluding hydrogens is 509 g/mol. The molecule has 1 atom stereocenters. The Bertz CT molecular complexity index is 1340. The predicted octanol–water partition coefficient (Wildman–Crippen LogP) is 4.85. The topological polar surface area (TPSA) is 89.5 Å². The van der Waals surface area contributed by atoms with Crippen LogP contribution in [0.4, 0.5) is 4.39 Å². The zero-order valence-corrected chi connectivity index (χ0v) is 22.1. The largest absolute Gasteiger partial charge is 0.497 e. The molecule has 1 N–H and O–H groups in total. The van der Waals surface area contributed by atoms with Gasteiger partial charge in [-0.05, 0) is 48.2 Å². The summed E-state index contributed by atoms with van der Waals surface area (Å²) in [6.07, 6.45) is 1.53. The van der Waals surface area contributed by atoms with E-state index in [-0.39, 0.29) is 31.3 Å². The fourth-order valence-electron chi connectivity index (χ4n) is 4.22. The van der Waals surface area contributed by atoms with Gasteiger partial charge in [-0.3, -0.25) is 4.79 Å². The minimum atomic E-state index is -0.684. The standard InChI is InChI=1S/C28H28FN3O5S/c1-5-12-37-27(34)25-17(2)31-28-32(26(25)22-14-21(35-3)10-11-23(22)36-4)20(16-38-28)13-24(33)30-15-18-6-8-19(29)9-7-18/h5-11,14,16,26H,1,12-13,15H2,2-4H3,(H,30,33)/t26-/m0/s1. The number of nitrogens with one attached hydrogen (secondary N) is 1. The molecule has 2 heterocycles. The predicted molar refractivity (Wildman–Crippen MR) is 144 cm³/mol. The molecule has 0 aliphatic carbocycles. The van der Waals surface area contributed by atoms with E-state index >= 15 is 0 Å². The molecule has 2 aromatic carbocycles. The van der Waals surface area contributed by atoms with Crippen LogP contribution in [0, 0.1) is 5.82 Å². The second-order valence-electron chi connectivity index (χ2n) is 8.47. The van der Waals surface area contributed by atoms with Crippen LogP contribution in [0.2, 0.25) is 0 Å². The van der Waals surface area contributed by atoms with Crippen LogP contribution in [0.3, 0.4) is 0 Å². The first-order chi connectivity index (χ1) is 18.4. The Hall–Kier alpha value is -4.05. The Morgan fingerprint density at radius 3 is 2.63 bits per heavy atom. The van der Waals surface area contributed by atoms with Crippen molar-refractivity contribution in [1.82, 2.24) is 10.2 Å². The van der Waals surface area contributed by atoms with Gasteiger partial charge in [0.05, 0.1) is 38.0 Å². The number of rotatable bonds is 10. The minimum Gasteiger partial charge on any atom is -0.497 e. The van der Waals surface area contributed by atoms with Crippen molar-refractivity contribution in [2.45, 2.75) is 25.9 Å². The lowest BCUT2D eigenvalue weighted by Crippen LogP contribution is -2.38. The molecule has 0 aromatic heterocycles. The second-order valence-corrected chi connectivity index (χ2v) is 9.30. The van der Waals surface area contributed by atoms with E-state index < -0.39 is 12.0 Å². The molecule has 0 saturated carbocycles. The lowest BCUT2D eigenvalue weighted by molar-refractivity contribution is -0.138. The highest BCUT2D eigenvalue weighted by molar-refractivity contribution is 8.16. The lowest BCUT2D eigenvalue weighted by atomic mass is 9.92. The summed E-state index contributed by atoms with van der Waals surface area (Å²) in [6, 6.07) is 10.6. The van der Waals surface area contributed by atoms with Crippen LogP contribution < -0.4 is 14.8 Å². The number of hydrogen-bond acceptors (Lipinski definition) is 8. The van der Waals surface area contributed by atoms with Crippen molar-refractivity contribution in [3.05, 3.63) is 94.4 Å². The SMILES string of the molecule is C=CCOC(=O)C1=C(C)N=C2SC=C(CC(=O)NCc3ccc(F)cc3)N2[C@H]1c1cc(OC)ccc1OC. The van der Waals surface area contributed by atoms with E-state index in [1.807, 2.05) is 10.3 Å². The number of methoxy groups -OCH3 is 2. The highest BCUT2D eigenvalue weighted by atomic mass is 32.2. The van der Waals surface area contributed by atoms with Crippen molar-refractivity contribution in [2.75, 3.05) is 20.8 Å². The zero-order valence-electron chi connectivity index (χ0n) is 21.3. The van der Waals surface area contributed by atoms with Gasteiger partial charge < -0.3 is 24.4 Å². The number of esters is 1. The van der Waals surface area contributed by atoms with Crippen molar-refractivity contribution in [2.24, 2.45) is 4.99 Å². The summed E-state index contributed by atoms with van der Waals surface area (Å²) in [5, 5.41) is 5.34. The first kappa shape index (κ1) is 27.0. The highest BCUT2D eigenvalue weighted by Crippen LogP contribution is 2.47. The van der Waals surface area contributed by atoms with E-state index in [0.29, 0.717) is 39.2 Å². The molecule has 10 heteroatoms. The van der Waals surface area contributed by atoms with Crippen molar-refractivity contribution < 1.29 is 28.2 Å². The van der Waals surface area contributed by atoms with Gasteiger partial charge in [0.1, 0.15) is 23.9 Å². The number of allylic oxidation sites excluding steroid dienone is 1. The van der Waals surface area contributed by atoms with Crippen LogP contribution in [0.5, 0.6) is 11.5 Å². The van der Waals surface area contributed by atoms with Crippen molar-refractivity contribution in [1.29, 1.82) is 0 Å². The molecule has 8 nitrogen and oxygen atoms in total. The van der Waals surface area contributed by atoms with Crippen molar-refractivity contribution in [3.8, 4) is 11.5 Å². The quantitative estimate of drug-likeness (QED) is 0.342. The molecule has 0 spiro atoms. The maximum Gasteiger partial charge on any atom is 0.338 e. The summed E-state index contributed by atoms with van der Waals surface area (Å²) >= 11 is 1.37. The van der Waals surface area contributed by atoms with E-state index in [1.165, 1.54) is 30.0 Å². The fraction of sp³-hybridized carbons (Fsp3) is 0.250. The number of carbonyl (C=O) groups is 2. The summed E-state index contributed by atoms with van der Waals surface area (Å²) in [5.41, 5.74) is 2.91. The summed E-state index contributed by atoms with van der Waals surface area (Å²) in [6.45, 7) is 5.67. The van der Waals surface area contributed by atoms with Gasteiger partial charge in [0.15, 0.2) is 5.17 Å². The van der Waals surface area contributed by atoms with E-state index in [2.05, 4.69) is 16.9 Å². The van der Waals surface area contributed by atoms with Gasteiger partial charge in [0.25, 0.3) is 0 Å². The third-order valence-electron chi connectivity index (χ3n) is 6.03. The van der Waals surface area contributed by atoms with Crippen LogP contribution in [-0.4, -0.2) is 42.8 Å². The fourth-order valence-corrected chi connectivity index (χ4v) is 5.18. The normalized spacial score (nSPS) is 16.3. The number of hydrogen-bond donors (Lipinski definition) is 1. The molecular formula is C28H28FN3O5S. The molecule has 2 aliphatic rings. The van der Waals surface area contributed by atoms with Gasteiger partial charge in [-0.2, -0.15) is 0 Å². The van der Waals surface area contributed by atoms with Crippen LogP contribution >= 0.6 is 11.8 Å². The molecule has 2 aromatic rings. The first-order valence-corrected chi connectivity index (χ1v) is 12.7. The molecule has 0 bridgehead atoms. The average molecular weight is 538 g/mol. The monoisotopic (exact) mass is 537 g/mol. The van der Waals surface area contributed by atoms with Gasteiger partial charge in [0.2, 0.25) is 5.91 Å². The first-order valence-electron chi connectivity index (χ1n) is 11.8. The second kappa shape index (κ2) is 12.0. The number of benzene rings is 2. The summed E-state index contributed by atoms with van der Waals surface area (Å²) in [4.78, 5) is 32.7. The summed E-state index contributed by atoms with van der Waals surface area (Å²) in [7, 11) is 3.11. The van der Waals surface area contributed by atoms with Crippen molar-refractivity contribution >= 4 is 28.8 Å². The van der Waals surface area contributed by atoms with Gasteiger partial charge in [0, 0.05) is 17.8 Å². The molecule has 198 valence electrons. The molecule has 1 amide bonds. The van der Waals surface area contributed by atoms with Crippen LogP contribution in [0.15, 0.2) is 82.5 Å². The Labute approximate surface area is 224 Å². The molecule has 4 rings (SSSR count). The number of nitrogens with zero attached hydrogens (tertiary/aromatic N) is 2. The van der Waals surface area contributed by atoms with Crippen LogP contribution in [0.25, 0.3) is 0 Å². The smallest absolute Gasteiger partial charge is 0.338 e. The molecule has 38 heavy (non-hydrogen) atoms. The maximum atomic E-state index is 13.3. The number of fused-ring (bicyclic) bond motifs is 1. The van der Waals surface area contributed by atoms with E-state index in [0.717, 1.165) is 5.56 Å². The molecule has 0 fully saturated rings. The van der Waals surface area contributed by atoms with Gasteiger partial charge in [-0.15, -0.1) is 0 Å². The summed E-state index contributed by atoms with van der Waals surface area (Å²) in [5.74, 6) is -0.000499.